The zero-order chi connectivity index (χ0) is 26.2. The minimum atomic E-state index is -3.04. The molecule has 2 unspecified atom stereocenters. The van der Waals surface area contributed by atoms with Gasteiger partial charge in [0.2, 0.25) is 0 Å². The fourth-order valence-electron chi connectivity index (χ4n) is 5.55. The Balaban J connectivity index is 1.53. The average molecular weight is 509 g/mol. The second kappa shape index (κ2) is 8.04. The normalized spacial score (nSPS) is 18.8. The summed E-state index contributed by atoms with van der Waals surface area (Å²) in [4.78, 5) is 23.8. The highest BCUT2D eigenvalue weighted by Crippen LogP contribution is 2.52. The summed E-state index contributed by atoms with van der Waals surface area (Å²) in [5.74, 6) is -1.36. The van der Waals surface area contributed by atoms with Crippen LogP contribution in [0.4, 0.5) is 13.2 Å². The fourth-order valence-corrected chi connectivity index (χ4v) is 5.55. The van der Waals surface area contributed by atoms with E-state index in [1.807, 2.05) is 4.40 Å². The van der Waals surface area contributed by atoms with Crippen molar-refractivity contribution >= 4 is 11.6 Å². The predicted molar refractivity (Wildman–Crippen MR) is 128 cm³/mol. The largest absolute Gasteiger partial charge is 0.434 e. The van der Waals surface area contributed by atoms with E-state index in [4.69, 9.17) is 9.72 Å². The molecule has 1 N–H and O–H groups in total. The van der Waals surface area contributed by atoms with Gasteiger partial charge in [-0.15, -0.1) is 0 Å². The maximum atomic E-state index is 14.8. The lowest BCUT2D eigenvalue weighted by atomic mass is 9.91. The monoisotopic (exact) mass is 508 g/mol. The highest BCUT2D eigenvalue weighted by Gasteiger charge is 2.46. The smallest absolute Gasteiger partial charge is 0.387 e. The number of nitrogens with zero attached hydrogens (tertiary/aromatic N) is 4. The van der Waals surface area contributed by atoms with Crippen molar-refractivity contribution in [3.8, 4) is 16.9 Å². The Morgan fingerprint density at radius 3 is 2.68 bits per heavy atom. The number of pyridine rings is 2. The van der Waals surface area contributed by atoms with E-state index >= 15 is 0 Å². The van der Waals surface area contributed by atoms with Gasteiger partial charge in [-0.05, 0) is 50.6 Å². The molecular weight excluding hydrogens is 485 g/mol. The van der Waals surface area contributed by atoms with Gasteiger partial charge in [0.1, 0.15) is 28.5 Å². The summed E-state index contributed by atoms with van der Waals surface area (Å²) < 4.78 is 48.0. The molecule has 0 saturated heterocycles. The lowest BCUT2D eigenvalue weighted by Gasteiger charge is -2.24. The number of halogens is 3. The van der Waals surface area contributed by atoms with E-state index in [0.717, 1.165) is 5.69 Å². The Hall–Kier alpha value is -3.92. The van der Waals surface area contributed by atoms with Crippen molar-refractivity contribution in [1.29, 1.82) is 0 Å². The minimum absolute atomic E-state index is 0.0349. The molecule has 0 spiro atoms. The van der Waals surface area contributed by atoms with Crippen molar-refractivity contribution in [3.63, 3.8) is 0 Å². The molecule has 4 heterocycles. The number of aromatic nitrogens is 3. The first kappa shape index (κ1) is 23.5. The molecule has 4 aromatic rings. The number of amides is 1. The maximum Gasteiger partial charge on any atom is 0.387 e. The Labute approximate surface area is 210 Å². The van der Waals surface area contributed by atoms with Gasteiger partial charge in [0.25, 0.3) is 5.91 Å². The van der Waals surface area contributed by atoms with Gasteiger partial charge in [0.15, 0.2) is 0 Å². The zero-order valence-corrected chi connectivity index (χ0v) is 20.2. The van der Waals surface area contributed by atoms with Crippen molar-refractivity contribution in [2.24, 2.45) is 0 Å². The van der Waals surface area contributed by atoms with E-state index in [1.165, 1.54) is 38.2 Å². The Morgan fingerprint density at radius 2 is 1.97 bits per heavy atom. The second-order valence-corrected chi connectivity index (χ2v) is 9.96. The number of ether oxygens (including phenoxy) is 1. The summed E-state index contributed by atoms with van der Waals surface area (Å²) in [5.41, 5.74) is 2.48. The number of carbonyl (C=O) groups is 1. The molecule has 0 fully saturated rings. The molecule has 1 aliphatic carbocycles. The van der Waals surface area contributed by atoms with E-state index in [9.17, 15) is 23.1 Å². The van der Waals surface area contributed by atoms with Crippen LogP contribution in [0.3, 0.4) is 0 Å². The number of fused-ring (bicyclic) bond motifs is 9. The maximum absolute atomic E-state index is 14.8. The summed E-state index contributed by atoms with van der Waals surface area (Å²) in [7, 11) is 1.68. The number of carbonyl (C=O) groups excluding carboxylic acids is 1. The van der Waals surface area contributed by atoms with Crippen LogP contribution in [0, 0.1) is 5.82 Å². The van der Waals surface area contributed by atoms with Crippen molar-refractivity contribution < 1.29 is 27.8 Å². The minimum Gasteiger partial charge on any atom is -0.434 e. The van der Waals surface area contributed by atoms with Gasteiger partial charge in [-0.3, -0.25) is 9.78 Å². The van der Waals surface area contributed by atoms with E-state index in [1.54, 1.807) is 36.3 Å². The first-order chi connectivity index (χ1) is 17.5. The van der Waals surface area contributed by atoms with Crippen molar-refractivity contribution in [2.75, 3.05) is 7.05 Å². The Morgan fingerprint density at radius 1 is 1.19 bits per heavy atom. The first-order valence-corrected chi connectivity index (χ1v) is 11.8. The molecule has 6 rings (SSSR count). The Kier molecular flexibility index (Phi) is 5.10. The van der Waals surface area contributed by atoms with Crippen molar-refractivity contribution in [1.82, 2.24) is 19.3 Å². The highest BCUT2D eigenvalue weighted by molar-refractivity contribution is 5.98. The van der Waals surface area contributed by atoms with E-state index in [2.05, 4.69) is 4.98 Å². The summed E-state index contributed by atoms with van der Waals surface area (Å²) in [6.07, 6.45) is 3.77. The third-order valence-electron chi connectivity index (χ3n) is 7.19. The zero-order valence-electron chi connectivity index (χ0n) is 20.2. The quantitative estimate of drug-likeness (QED) is 0.419. The summed E-state index contributed by atoms with van der Waals surface area (Å²) >= 11 is 0. The third kappa shape index (κ3) is 3.58. The number of benzene rings is 1. The van der Waals surface area contributed by atoms with E-state index in [0.29, 0.717) is 40.0 Å². The molecule has 0 saturated carbocycles. The molecule has 3 aromatic heterocycles. The fraction of sp³-hybridized carbons (Fsp3) is 0.296. The highest BCUT2D eigenvalue weighted by atomic mass is 19.3. The van der Waals surface area contributed by atoms with Crippen LogP contribution in [0.2, 0.25) is 0 Å². The summed E-state index contributed by atoms with van der Waals surface area (Å²) in [6.45, 7) is -0.113. The van der Waals surface area contributed by atoms with Gasteiger partial charge in [0.05, 0.1) is 17.4 Å². The van der Waals surface area contributed by atoms with Crippen LogP contribution in [0.15, 0.2) is 48.8 Å². The lowest BCUT2D eigenvalue weighted by Crippen LogP contribution is -2.30. The topological polar surface area (TPSA) is 80.0 Å². The molecule has 1 aromatic carbocycles. The standard InChI is InChI=1S/C27H23F3N4O3/c1-27(2,36)24-17(28)9-14(11-31-24)13-7-8-20-32-22-18-10-16(23(22)34(20)12-13)21-15(25(35)33(18)3)5-4-6-19(21)37-26(29)30/h4-9,11-12,16,18,26,36H,10H2,1-3H3. The molecule has 1 amide bonds. The van der Waals surface area contributed by atoms with Crippen LogP contribution in [-0.4, -0.2) is 43.9 Å². The molecular formula is C27H23F3N4O3. The second-order valence-electron chi connectivity index (χ2n) is 9.96. The van der Waals surface area contributed by atoms with Gasteiger partial charge in [-0.1, -0.05) is 6.07 Å². The van der Waals surface area contributed by atoms with E-state index in [-0.39, 0.29) is 23.4 Å². The van der Waals surface area contributed by atoms with Crippen molar-refractivity contribution in [2.45, 2.75) is 44.4 Å². The molecule has 2 atom stereocenters. The van der Waals surface area contributed by atoms with Crippen LogP contribution in [-0.2, 0) is 5.60 Å². The molecule has 2 bridgehead atoms. The molecule has 37 heavy (non-hydrogen) atoms. The van der Waals surface area contributed by atoms with Gasteiger partial charge >= 0.3 is 6.61 Å². The number of hydrogen-bond donors (Lipinski definition) is 1. The molecule has 1 aliphatic heterocycles. The van der Waals surface area contributed by atoms with Crippen LogP contribution >= 0.6 is 0 Å². The SMILES string of the molecule is CN1C(=O)c2cccc(OC(F)F)c2C2CC1c1nc3ccc(-c4cnc(C(C)(C)O)c(F)c4)cn3c12. The summed E-state index contributed by atoms with van der Waals surface area (Å²) in [6, 6.07) is 9.16. The molecule has 2 aliphatic rings. The molecule has 0 radical (unpaired) electrons. The predicted octanol–water partition coefficient (Wildman–Crippen LogP) is 5.03. The average Bonchev–Trinajstić information content (AvgIpc) is 3.35. The third-order valence-corrected chi connectivity index (χ3v) is 7.19. The van der Waals surface area contributed by atoms with Gasteiger partial charge in [0, 0.05) is 47.6 Å². The Bertz CT molecular complexity index is 1580. The van der Waals surface area contributed by atoms with Gasteiger partial charge < -0.3 is 19.1 Å². The van der Waals surface area contributed by atoms with Crippen LogP contribution in [0.1, 0.15) is 65.2 Å². The molecule has 190 valence electrons. The first-order valence-electron chi connectivity index (χ1n) is 11.8. The van der Waals surface area contributed by atoms with Gasteiger partial charge in [-0.2, -0.15) is 8.78 Å². The number of rotatable bonds is 4. The van der Waals surface area contributed by atoms with Crippen LogP contribution in [0.25, 0.3) is 16.8 Å². The number of aliphatic hydroxyl groups is 1. The van der Waals surface area contributed by atoms with Gasteiger partial charge in [-0.25, -0.2) is 9.37 Å². The summed E-state index contributed by atoms with van der Waals surface area (Å²) in [5, 5.41) is 10.2. The van der Waals surface area contributed by atoms with Crippen LogP contribution < -0.4 is 4.74 Å². The molecule has 7 nitrogen and oxygen atoms in total. The lowest BCUT2D eigenvalue weighted by molar-refractivity contribution is -0.0506. The van der Waals surface area contributed by atoms with Crippen LogP contribution in [0.5, 0.6) is 5.75 Å². The molecule has 10 heteroatoms. The number of hydrogen-bond acceptors (Lipinski definition) is 5. The van der Waals surface area contributed by atoms with Crippen molar-refractivity contribution in [3.05, 3.63) is 82.8 Å². The number of alkyl halides is 2. The van der Waals surface area contributed by atoms with E-state index < -0.39 is 23.9 Å². The number of imidazole rings is 1.